The number of carbonyl (C=O) groups is 2. The highest BCUT2D eigenvalue weighted by atomic mass is 16.5. The fourth-order valence-corrected chi connectivity index (χ4v) is 3.88. The van der Waals surface area contributed by atoms with Gasteiger partial charge in [-0.1, -0.05) is 0 Å². The summed E-state index contributed by atoms with van der Waals surface area (Å²) in [5.74, 6) is -0.201. The van der Waals surface area contributed by atoms with E-state index in [1.807, 2.05) is 0 Å². The van der Waals surface area contributed by atoms with E-state index in [2.05, 4.69) is 4.90 Å². The molecule has 1 aromatic rings. The molecule has 1 fully saturated rings. The van der Waals surface area contributed by atoms with E-state index in [0.717, 1.165) is 25.9 Å². The summed E-state index contributed by atoms with van der Waals surface area (Å²) in [7, 11) is 3.09. The van der Waals surface area contributed by atoms with Crippen molar-refractivity contribution < 1.29 is 24.2 Å². The molecule has 1 amide bonds. The van der Waals surface area contributed by atoms with Crippen molar-refractivity contribution in [1.29, 1.82) is 0 Å². The summed E-state index contributed by atoms with van der Waals surface area (Å²) < 4.78 is 10.8. The third-order valence-electron chi connectivity index (χ3n) is 5.27. The van der Waals surface area contributed by atoms with Gasteiger partial charge in [0.15, 0.2) is 11.5 Å². The minimum Gasteiger partial charge on any atom is -0.503 e. The second-order valence-electron chi connectivity index (χ2n) is 6.88. The van der Waals surface area contributed by atoms with Crippen LogP contribution in [0.15, 0.2) is 29.5 Å². The van der Waals surface area contributed by atoms with Gasteiger partial charge in [-0.2, -0.15) is 0 Å². The SMILES string of the molecule is COc1ccc(OC)c(C2C(C(C)=O)=C(O)C(=O)N2CCN2CCCC2)c1. The molecule has 7 nitrogen and oxygen atoms in total. The van der Waals surface area contributed by atoms with Crippen LogP contribution in [0.1, 0.15) is 31.4 Å². The normalized spacial score (nSPS) is 20.5. The molecule has 146 valence electrons. The lowest BCUT2D eigenvalue weighted by Gasteiger charge is -2.29. The number of hydrogen-bond donors (Lipinski definition) is 1. The Morgan fingerprint density at radius 1 is 1.19 bits per heavy atom. The van der Waals surface area contributed by atoms with Crippen LogP contribution in [0.5, 0.6) is 11.5 Å². The number of aliphatic hydroxyl groups is 1. The van der Waals surface area contributed by atoms with Crippen LogP contribution in [0.25, 0.3) is 0 Å². The van der Waals surface area contributed by atoms with Crippen LogP contribution < -0.4 is 9.47 Å². The maximum absolute atomic E-state index is 12.7. The highest BCUT2D eigenvalue weighted by Gasteiger charge is 2.43. The van der Waals surface area contributed by atoms with Crippen molar-refractivity contribution >= 4 is 11.7 Å². The van der Waals surface area contributed by atoms with Crippen LogP contribution >= 0.6 is 0 Å². The topological polar surface area (TPSA) is 79.3 Å². The number of hydrogen-bond acceptors (Lipinski definition) is 6. The van der Waals surface area contributed by atoms with E-state index in [4.69, 9.17) is 9.47 Å². The first-order chi connectivity index (χ1) is 13.0. The maximum Gasteiger partial charge on any atom is 0.290 e. The third kappa shape index (κ3) is 3.64. The second kappa shape index (κ2) is 8.00. The van der Waals surface area contributed by atoms with Gasteiger partial charge in [0, 0.05) is 18.7 Å². The highest BCUT2D eigenvalue weighted by Crippen LogP contribution is 2.42. The molecule has 7 heteroatoms. The van der Waals surface area contributed by atoms with E-state index in [9.17, 15) is 14.7 Å². The number of rotatable bonds is 7. The Kier molecular flexibility index (Phi) is 5.70. The maximum atomic E-state index is 12.7. The number of ether oxygens (including phenoxy) is 2. The summed E-state index contributed by atoms with van der Waals surface area (Å²) in [5, 5.41) is 10.4. The van der Waals surface area contributed by atoms with Gasteiger partial charge in [-0.25, -0.2) is 0 Å². The van der Waals surface area contributed by atoms with Crippen LogP contribution in [0.2, 0.25) is 0 Å². The molecule has 0 aromatic heterocycles. The summed E-state index contributed by atoms with van der Waals surface area (Å²) in [6.45, 7) is 4.50. The van der Waals surface area contributed by atoms with Gasteiger partial charge in [-0.15, -0.1) is 0 Å². The minimum atomic E-state index is -0.692. The zero-order chi connectivity index (χ0) is 19.6. The van der Waals surface area contributed by atoms with E-state index >= 15 is 0 Å². The molecule has 0 spiro atoms. The summed E-state index contributed by atoms with van der Waals surface area (Å²) in [6, 6.07) is 4.55. The zero-order valence-electron chi connectivity index (χ0n) is 16.0. The number of nitrogens with zero attached hydrogens (tertiary/aromatic N) is 2. The molecule has 0 radical (unpaired) electrons. The molecule has 1 unspecified atom stereocenters. The molecule has 2 aliphatic rings. The molecule has 3 rings (SSSR count). The fraction of sp³-hybridized carbons (Fsp3) is 0.500. The Morgan fingerprint density at radius 3 is 2.48 bits per heavy atom. The highest BCUT2D eigenvalue weighted by molar-refractivity contribution is 6.08. The standard InChI is InChI=1S/C20H26N2O5/c1-13(23)17-18(15-12-14(26-2)6-7-16(15)27-3)22(20(25)19(17)24)11-10-21-8-4-5-9-21/h6-7,12,18,24H,4-5,8-11H2,1-3H3. The molecule has 1 N–H and O–H groups in total. The lowest BCUT2D eigenvalue weighted by molar-refractivity contribution is -0.129. The number of likely N-dealkylation sites (tertiary alicyclic amines) is 1. The monoisotopic (exact) mass is 374 g/mol. The van der Waals surface area contributed by atoms with Gasteiger partial charge in [0.05, 0.1) is 25.8 Å². The largest absolute Gasteiger partial charge is 0.503 e. The number of methoxy groups -OCH3 is 2. The molecule has 2 aliphatic heterocycles. The van der Waals surface area contributed by atoms with Gasteiger partial charge in [-0.3, -0.25) is 9.59 Å². The Hall–Kier alpha value is -2.54. The Morgan fingerprint density at radius 2 is 1.89 bits per heavy atom. The van der Waals surface area contributed by atoms with Crippen molar-refractivity contribution in [3.8, 4) is 11.5 Å². The van der Waals surface area contributed by atoms with Gasteiger partial charge >= 0.3 is 0 Å². The average molecular weight is 374 g/mol. The minimum absolute atomic E-state index is 0.105. The first-order valence-electron chi connectivity index (χ1n) is 9.17. The number of benzene rings is 1. The molecule has 27 heavy (non-hydrogen) atoms. The predicted octanol–water partition coefficient (Wildman–Crippen LogP) is 2.08. The van der Waals surface area contributed by atoms with Gasteiger partial charge in [-0.05, 0) is 51.1 Å². The van der Waals surface area contributed by atoms with E-state index in [1.54, 1.807) is 30.2 Å². The summed E-state index contributed by atoms with van der Waals surface area (Å²) in [6.07, 6.45) is 2.31. The Labute approximate surface area is 159 Å². The lowest BCUT2D eigenvalue weighted by Crippen LogP contribution is -2.38. The second-order valence-corrected chi connectivity index (χ2v) is 6.88. The Balaban J connectivity index is 2.00. The van der Waals surface area contributed by atoms with E-state index < -0.39 is 17.7 Å². The number of aliphatic hydroxyl groups excluding tert-OH is 1. The molecular formula is C20H26N2O5. The van der Waals surface area contributed by atoms with E-state index in [1.165, 1.54) is 14.0 Å². The number of carbonyl (C=O) groups excluding carboxylic acids is 2. The molecule has 0 bridgehead atoms. The molecular weight excluding hydrogens is 348 g/mol. The van der Waals surface area contributed by atoms with Crippen LogP contribution in [0, 0.1) is 0 Å². The molecule has 1 saturated heterocycles. The number of ketones is 1. The first kappa shape index (κ1) is 19.2. The van der Waals surface area contributed by atoms with Crippen molar-refractivity contribution in [2.75, 3.05) is 40.4 Å². The van der Waals surface area contributed by atoms with Crippen molar-refractivity contribution in [3.05, 3.63) is 35.1 Å². The van der Waals surface area contributed by atoms with Gasteiger partial charge in [0.25, 0.3) is 5.91 Å². The van der Waals surface area contributed by atoms with Crippen molar-refractivity contribution in [2.24, 2.45) is 0 Å². The summed E-state index contributed by atoms with van der Waals surface area (Å²) >= 11 is 0. The lowest BCUT2D eigenvalue weighted by atomic mass is 9.95. The van der Waals surface area contributed by atoms with Crippen molar-refractivity contribution in [2.45, 2.75) is 25.8 Å². The van der Waals surface area contributed by atoms with Crippen LogP contribution in [0.3, 0.4) is 0 Å². The predicted molar refractivity (Wildman–Crippen MR) is 100 cm³/mol. The molecule has 2 heterocycles. The fourth-order valence-electron chi connectivity index (χ4n) is 3.88. The number of amides is 1. The van der Waals surface area contributed by atoms with Crippen LogP contribution in [0.4, 0.5) is 0 Å². The van der Waals surface area contributed by atoms with Crippen LogP contribution in [-0.2, 0) is 9.59 Å². The van der Waals surface area contributed by atoms with Gasteiger partial charge in [0.2, 0.25) is 0 Å². The molecule has 1 aromatic carbocycles. The van der Waals surface area contributed by atoms with Gasteiger partial charge < -0.3 is 24.4 Å². The van der Waals surface area contributed by atoms with E-state index in [-0.39, 0.29) is 11.4 Å². The van der Waals surface area contributed by atoms with Crippen molar-refractivity contribution in [3.63, 3.8) is 0 Å². The average Bonchev–Trinajstić information content (AvgIpc) is 3.26. The quantitative estimate of drug-likeness (QED) is 0.787. The zero-order valence-corrected chi connectivity index (χ0v) is 16.0. The number of Topliss-reactive ketones (excluding diaryl/α,β-unsaturated/α-hetero) is 1. The van der Waals surface area contributed by atoms with Crippen molar-refractivity contribution in [1.82, 2.24) is 9.80 Å². The summed E-state index contributed by atoms with van der Waals surface area (Å²) in [5.41, 5.74) is 0.730. The third-order valence-corrected chi connectivity index (χ3v) is 5.27. The van der Waals surface area contributed by atoms with E-state index in [0.29, 0.717) is 30.2 Å². The summed E-state index contributed by atoms with van der Waals surface area (Å²) in [4.78, 5) is 28.8. The Bertz CT molecular complexity index is 768. The first-order valence-corrected chi connectivity index (χ1v) is 9.17. The van der Waals surface area contributed by atoms with Crippen LogP contribution in [-0.4, -0.2) is 67.0 Å². The molecule has 1 atom stereocenters. The smallest absolute Gasteiger partial charge is 0.290 e. The molecule has 0 saturated carbocycles. The van der Waals surface area contributed by atoms with Gasteiger partial charge in [0.1, 0.15) is 11.5 Å². The molecule has 0 aliphatic carbocycles.